The third kappa shape index (κ3) is 4.06. The van der Waals surface area contributed by atoms with Crippen LogP contribution in [0.2, 0.25) is 5.15 Å². The largest absolute Gasteiger partial charge is 0.250 e. The van der Waals surface area contributed by atoms with Gasteiger partial charge in [-0.15, -0.1) is 0 Å². The van der Waals surface area contributed by atoms with Crippen LogP contribution in [-0.4, -0.2) is 30.9 Å². The molecule has 0 amide bonds. The molecular weight excluding hydrogens is 404 g/mol. The molecule has 0 bridgehead atoms. The highest BCUT2D eigenvalue weighted by molar-refractivity contribution is 7.71. The van der Waals surface area contributed by atoms with Gasteiger partial charge in [0.25, 0.3) is 0 Å². The van der Waals surface area contributed by atoms with Gasteiger partial charge in [0, 0.05) is 5.56 Å². The van der Waals surface area contributed by atoms with Gasteiger partial charge in [0.15, 0.2) is 5.82 Å². The lowest BCUT2D eigenvalue weighted by Crippen LogP contribution is -2.02. The molecule has 1 N–H and O–H groups in total. The molecule has 0 saturated carbocycles. The molecule has 0 aliphatic carbocycles. The average molecular weight is 423 g/mol. The normalized spacial score (nSPS) is 11.4. The first-order valence-electron chi connectivity index (χ1n) is 9.08. The van der Waals surface area contributed by atoms with Crippen LogP contribution in [0.25, 0.3) is 11.4 Å². The van der Waals surface area contributed by atoms with Crippen molar-refractivity contribution < 1.29 is 0 Å². The zero-order chi connectivity index (χ0) is 20.4. The standard InChI is InChI=1S/C21H19ClN6S/c1-14-8-10-17(11-9-14)20-24-25-21(29)28(20)23-12-18-15(2)26-27(19(18)22)13-16-6-4-3-5-7-16/h3-12H,13H2,1-2H3,(H,25,29)/b23-12+. The first kappa shape index (κ1) is 19.3. The minimum Gasteiger partial charge on any atom is -0.250 e. The molecule has 0 unspecified atom stereocenters. The number of benzene rings is 2. The number of aromatic nitrogens is 5. The van der Waals surface area contributed by atoms with Gasteiger partial charge in [-0.05, 0) is 31.6 Å². The van der Waals surface area contributed by atoms with Gasteiger partial charge in [-0.3, -0.25) is 0 Å². The van der Waals surface area contributed by atoms with E-state index < -0.39 is 0 Å². The second-order valence-corrected chi connectivity index (χ2v) is 7.45. The second kappa shape index (κ2) is 8.14. The summed E-state index contributed by atoms with van der Waals surface area (Å²) in [6, 6.07) is 18.1. The molecule has 6 nitrogen and oxygen atoms in total. The van der Waals surface area contributed by atoms with Gasteiger partial charge < -0.3 is 0 Å². The van der Waals surface area contributed by atoms with E-state index in [0.29, 0.717) is 22.3 Å². The number of aromatic amines is 1. The maximum Gasteiger partial charge on any atom is 0.216 e. The lowest BCUT2D eigenvalue weighted by Gasteiger charge is -2.03. The molecule has 8 heteroatoms. The summed E-state index contributed by atoms with van der Waals surface area (Å²) in [6.07, 6.45) is 1.68. The van der Waals surface area contributed by atoms with E-state index in [1.165, 1.54) is 5.56 Å². The van der Waals surface area contributed by atoms with Crippen molar-refractivity contribution in [3.05, 3.63) is 86.9 Å². The van der Waals surface area contributed by atoms with Crippen LogP contribution in [0.3, 0.4) is 0 Å². The number of halogens is 1. The molecule has 0 radical (unpaired) electrons. The highest BCUT2D eigenvalue weighted by Crippen LogP contribution is 2.21. The van der Waals surface area contributed by atoms with E-state index in [0.717, 1.165) is 22.4 Å². The maximum absolute atomic E-state index is 6.58. The van der Waals surface area contributed by atoms with Crippen molar-refractivity contribution in [1.29, 1.82) is 0 Å². The molecule has 146 valence electrons. The highest BCUT2D eigenvalue weighted by atomic mass is 35.5. The molecule has 4 rings (SSSR count). The fourth-order valence-corrected chi connectivity index (χ4v) is 3.44. The van der Waals surface area contributed by atoms with E-state index in [1.807, 2.05) is 68.4 Å². The summed E-state index contributed by atoms with van der Waals surface area (Å²) in [6.45, 7) is 4.54. The maximum atomic E-state index is 6.58. The van der Waals surface area contributed by atoms with Crippen LogP contribution in [0.4, 0.5) is 0 Å². The van der Waals surface area contributed by atoms with Crippen LogP contribution < -0.4 is 0 Å². The van der Waals surface area contributed by atoms with Gasteiger partial charge in [0.05, 0.1) is 24.0 Å². The topological polar surface area (TPSA) is 63.8 Å². The third-order valence-electron chi connectivity index (χ3n) is 4.55. The summed E-state index contributed by atoms with van der Waals surface area (Å²) in [4.78, 5) is 0. The summed E-state index contributed by atoms with van der Waals surface area (Å²) >= 11 is 11.9. The van der Waals surface area contributed by atoms with E-state index >= 15 is 0 Å². The van der Waals surface area contributed by atoms with Crippen LogP contribution in [0.5, 0.6) is 0 Å². The Kier molecular flexibility index (Phi) is 5.42. The van der Waals surface area contributed by atoms with Crippen LogP contribution >= 0.6 is 23.8 Å². The Morgan fingerprint density at radius 3 is 2.55 bits per heavy atom. The van der Waals surface area contributed by atoms with E-state index in [2.05, 4.69) is 20.4 Å². The first-order valence-corrected chi connectivity index (χ1v) is 9.87. The number of aryl methyl sites for hydroxylation is 2. The fraction of sp³-hybridized carbons (Fsp3) is 0.143. The van der Waals surface area contributed by atoms with Crippen molar-refractivity contribution in [2.75, 3.05) is 0 Å². The van der Waals surface area contributed by atoms with E-state index in [9.17, 15) is 0 Å². The molecule has 29 heavy (non-hydrogen) atoms. The number of hydrogen-bond acceptors (Lipinski definition) is 4. The Morgan fingerprint density at radius 2 is 1.83 bits per heavy atom. The van der Waals surface area contributed by atoms with Gasteiger partial charge in [-0.2, -0.15) is 20.0 Å². The quantitative estimate of drug-likeness (QED) is 0.363. The monoisotopic (exact) mass is 422 g/mol. The Morgan fingerprint density at radius 1 is 1.10 bits per heavy atom. The smallest absolute Gasteiger partial charge is 0.216 e. The zero-order valence-electron chi connectivity index (χ0n) is 16.0. The molecule has 2 heterocycles. The van der Waals surface area contributed by atoms with Crippen LogP contribution in [-0.2, 0) is 6.54 Å². The lowest BCUT2D eigenvalue weighted by atomic mass is 10.1. The molecule has 0 aliphatic rings. The number of H-pyrrole nitrogens is 1. The summed E-state index contributed by atoms with van der Waals surface area (Å²) in [5.74, 6) is 0.636. The number of hydrogen-bond donors (Lipinski definition) is 1. The summed E-state index contributed by atoms with van der Waals surface area (Å²) < 4.78 is 3.76. The first-order chi connectivity index (χ1) is 14.0. The highest BCUT2D eigenvalue weighted by Gasteiger charge is 2.13. The van der Waals surface area contributed by atoms with Crippen molar-refractivity contribution in [3.63, 3.8) is 0 Å². The van der Waals surface area contributed by atoms with Crippen molar-refractivity contribution in [3.8, 4) is 11.4 Å². The Labute approximate surface area is 178 Å². The predicted molar refractivity (Wildman–Crippen MR) is 118 cm³/mol. The van der Waals surface area contributed by atoms with Crippen molar-refractivity contribution in [1.82, 2.24) is 24.7 Å². The number of nitrogens with zero attached hydrogens (tertiary/aromatic N) is 5. The van der Waals surface area contributed by atoms with Gasteiger partial charge >= 0.3 is 0 Å². The molecule has 0 fully saturated rings. The second-order valence-electron chi connectivity index (χ2n) is 6.71. The Bertz CT molecular complexity index is 1220. The van der Waals surface area contributed by atoms with Crippen molar-refractivity contribution >= 4 is 30.0 Å². The van der Waals surface area contributed by atoms with Gasteiger partial charge in [-0.1, -0.05) is 71.8 Å². The SMILES string of the molecule is Cc1ccc(-c2n[nH]c(=S)n2/N=C/c2c(C)nn(Cc3ccccc3)c2Cl)cc1. The average Bonchev–Trinajstić information content (AvgIpc) is 3.21. The number of rotatable bonds is 5. The van der Waals surface area contributed by atoms with E-state index in [4.69, 9.17) is 23.8 Å². The molecule has 0 atom stereocenters. The molecule has 0 aliphatic heterocycles. The summed E-state index contributed by atoms with van der Waals surface area (Å²) in [5, 5.41) is 16.7. The molecule has 0 saturated heterocycles. The van der Waals surface area contributed by atoms with Gasteiger partial charge in [0.2, 0.25) is 4.77 Å². The summed E-state index contributed by atoms with van der Waals surface area (Å²) in [7, 11) is 0. The van der Waals surface area contributed by atoms with Crippen LogP contribution in [0.15, 0.2) is 59.7 Å². The minimum atomic E-state index is 0.405. The fourth-order valence-electron chi connectivity index (χ4n) is 2.98. The van der Waals surface area contributed by atoms with Gasteiger partial charge in [-0.25, -0.2) is 9.78 Å². The third-order valence-corrected chi connectivity index (χ3v) is 5.21. The molecule has 2 aromatic carbocycles. The Hall–Kier alpha value is -3.03. The molecule has 0 spiro atoms. The number of nitrogens with one attached hydrogen (secondary N) is 1. The van der Waals surface area contributed by atoms with Crippen LogP contribution in [0, 0.1) is 18.6 Å². The molecule has 4 aromatic rings. The summed E-state index contributed by atoms with van der Waals surface area (Å²) in [5.41, 5.74) is 4.76. The zero-order valence-corrected chi connectivity index (χ0v) is 17.6. The molecule has 2 aromatic heterocycles. The van der Waals surface area contributed by atoms with Crippen molar-refractivity contribution in [2.24, 2.45) is 5.10 Å². The van der Waals surface area contributed by atoms with Gasteiger partial charge in [0.1, 0.15) is 5.15 Å². The molecular formula is C21H19ClN6S. The predicted octanol–water partition coefficient (Wildman–Crippen LogP) is 5.00. The van der Waals surface area contributed by atoms with E-state index in [1.54, 1.807) is 15.6 Å². The van der Waals surface area contributed by atoms with Crippen LogP contribution in [0.1, 0.15) is 22.4 Å². The van der Waals surface area contributed by atoms with Crippen molar-refractivity contribution in [2.45, 2.75) is 20.4 Å². The minimum absolute atomic E-state index is 0.405. The van der Waals surface area contributed by atoms with E-state index in [-0.39, 0.29) is 0 Å². The Balaban J connectivity index is 1.66. The lowest BCUT2D eigenvalue weighted by molar-refractivity contribution is 0.680.